The van der Waals surface area contributed by atoms with Crippen LogP contribution >= 0.6 is 11.3 Å². The third-order valence-corrected chi connectivity index (χ3v) is 5.35. The van der Waals surface area contributed by atoms with E-state index < -0.39 is 11.7 Å². The fourth-order valence-electron chi connectivity index (χ4n) is 2.97. The van der Waals surface area contributed by atoms with Crippen LogP contribution in [-0.2, 0) is 17.9 Å². The second-order valence-electron chi connectivity index (χ2n) is 6.38. The number of thiophene rings is 1. The Kier molecular flexibility index (Phi) is 5.18. The summed E-state index contributed by atoms with van der Waals surface area (Å²) in [6.07, 6.45) is 1.32. The number of hydrogen-bond donors (Lipinski definition) is 1. The molecule has 0 saturated carbocycles. The van der Waals surface area contributed by atoms with Gasteiger partial charge in [0.1, 0.15) is 23.0 Å². The monoisotopic (exact) mass is 411 g/mol. The van der Waals surface area contributed by atoms with Gasteiger partial charge in [0.25, 0.3) is 5.56 Å². The van der Waals surface area contributed by atoms with E-state index in [0.29, 0.717) is 26.9 Å². The van der Waals surface area contributed by atoms with Crippen LogP contribution in [0.25, 0.3) is 21.3 Å². The van der Waals surface area contributed by atoms with E-state index in [1.165, 1.54) is 40.4 Å². The van der Waals surface area contributed by atoms with Crippen molar-refractivity contribution < 1.29 is 13.6 Å². The highest BCUT2D eigenvalue weighted by atomic mass is 32.1. The first kappa shape index (κ1) is 18.9. The van der Waals surface area contributed by atoms with E-state index in [1.54, 1.807) is 35.7 Å². The molecule has 0 unspecified atom stereocenters. The summed E-state index contributed by atoms with van der Waals surface area (Å²) in [6.45, 7) is -0.218. The number of amides is 1. The van der Waals surface area contributed by atoms with E-state index in [9.17, 15) is 18.4 Å². The average Bonchev–Trinajstić information content (AvgIpc) is 3.15. The lowest BCUT2D eigenvalue weighted by molar-refractivity contribution is -0.121. The molecular weight excluding hydrogens is 396 g/mol. The lowest BCUT2D eigenvalue weighted by Gasteiger charge is -2.08. The maximum absolute atomic E-state index is 13.7. The van der Waals surface area contributed by atoms with Crippen molar-refractivity contribution in [3.63, 3.8) is 0 Å². The highest BCUT2D eigenvalue weighted by Crippen LogP contribution is 2.30. The predicted octanol–water partition coefficient (Wildman–Crippen LogP) is 3.72. The fraction of sp³-hybridized carbons (Fsp3) is 0.0952. The molecule has 0 aliphatic rings. The van der Waals surface area contributed by atoms with Gasteiger partial charge in [-0.2, -0.15) is 0 Å². The van der Waals surface area contributed by atoms with Crippen LogP contribution in [0.1, 0.15) is 5.56 Å². The van der Waals surface area contributed by atoms with Crippen molar-refractivity contribution in [2.45, 2.75) is 13.1 Å². The van der Waals surface area contributed by atoms with Gasteiger partial charge in [0, 0.05) is 23.1 Å². The Morgan fingerprint density at radius 2 is 1.86 bits per heavy atom. The van der Waals surface area contributed by atoms with Crippen LogP contribution in [0.4, 0.5) is 8.78 Å². The molecular formula is C21H15F2N3O2S. The molecule has 5 nitrogen and oxygen atoms in total. The zero-order valence-corrected chi connectivity index (χ0v) is 15.9. The number of carbonyl (C=O) groups is 1. The van der Waals surface area contributed by atoms with Gasteiger partial charge in [-0.15, -0.1) is 11.3 Å². The van der Waals surface area contributed by atoms with E-state index in [1.807, 2.05) is 0 Å². The Bertz CT molecular complexity index is 1250. The number of fused-ring (bicyclic) bond motifs is 1. The number of rotatable bonds is 5. The summed E-state index contributed by atoms with van der Waals surface area (Å²) >= 11 is 1.30. The molecule has 2 heterocycles. The largest absolute Gasteiger partial charge is 0.350 e. The van der Waals surface area contributed by atoms with Gasteiger partial charge >= 0.3 is 0 Å². The van der Waals surface area contributed by atoms with Crippen LogP contribution in [0, 0.1) is 11.6 Å². The minimum absolute atomic E-state index is 0.0230. The number of benzene rings is 2. The number of halogens is 2. The molecule has 0 atom stereocenters. The normalized spacial score (nSPS) is 11.0. The van der Waals surface area contributed by atoms with E-state index in [2.05, 4.69) is 10.3 Å². The topological polar surface area (TPSA) is 64.0 Å². The van der Waals surface area contributed by atoms with Crippen molar-refractivity contribution in [3.05, 3.63) is 87.8 Å². The molecule has 0 aliphatic heterocycles. The molecule has 0 fully saturated rings. The van der Waals surface area contributed by atoms with Crippen LogP contribution in [0.2, 0.25) is 0 Å². The highest BCUT2D eigenvalue weighted by molar-refractivity contribution is 7.17. The van der Waals surface area contributed by atoms with Crippen LogP contribution in [0.15, 0.2) is 65.0 Å². The molecule has 29 heavy (non-hydrogen) atoms. The molecule has 0 bridgehead atoms. The maximum atomic E-state index is 13.7. The maximum Gasteiger partial charge on any atom is 0.263 e. The van der Waals surface area contributed by atoms with Gasteiger partial charge in [-0.3, -0.25) is 14.2 Å². The molecule has 2 aromatic heterocycles. The number of nitrogens with zero attached hydrogens (tertiary/aromatic N) is 2. The van der Waals surface area contributed by atoms with Crippen molar-refractivity contribution in [1.29, 1.82) is 0 Å². The van der Waals surface area contributed by atoms with Crippen LogP contribution in [-0.4, -0.2) is 15.5 Å². The summed E-state index contributed by atoms with van der Waals surface area (Å²) in [5, 5.41) is 4.77. The molecule has 4 rings (SSSR count). The molecule has 0 saturated heterocycles. The third kappa shape index (κ3) is 3.93. The van der Waals surface area contributed by atoms with Crippen molar-refractivity contribution in [3.8, 4) is 11.1 Å². The molecule has 4 aromatic rings. The van der Waals surface area contributed by atoms with Gasteiger partial charge < -0.3 is 5.32 Å². The molecule has 8 heteroatoms. The van der Waals surface area contributed by atoms with Crippen LogP contribution < -0.4 is 10.9 Å². The van der Waals surface area contributed by atoms with E-state index >= 15 is 0 Å². The second-order valence-corrected chi connectivity index (χ2v) is 7.24. The van der Waals surface area contributed by atoms with Gasteiger partial charge in [0.05, 0.1) is 11.7 Å². The van der Waals surface area contributed by atoms with Crippen molar-refractivity contribution in [2.75, 3.05) is 0 Å². The van der Waals surface area contributed by atoms with Gasteiger partial charge in [0.2, 0.25) is 5.91 Å². The Labute approximate surface area is 168 Å². The Hall–Kier alpha value is -3.39. The summed E-state index contributed by atoms with van der Waals surface area (Å²) in [5.41, 5.74) is 1.33. The Morgan fingerprint density at radius 1 is 1.10 bits per heavy atom. The van der Waals surface area contributed by atoms with E-state index in [-0.39, 0.29) is 24.5 Å². The first-order valence-electron chi connectivity index (χ1n) is 8.75. The SMILES string of the molecule is O=C(Cn1cnc2scc(-c3ccc(F)cc3)c2c1=O)NCc1ccccc1F. The summed E-state index contributed by atoms with van der Waals surface area (Å²) in [4.78, 5) is 30.0. The molecule has 0 aliphatic carbocycles. The summed E-state index contributed by atoms with van der Waals surface area (Å²) in [5.74, 6) is -1.21. The van der Waals surface area contributed by atoms with Gasteiger partial charge in [-0.25, -0.2) is 13.8 Å². The Morgan fingerprint density at radius 3 is 2.62 bits per heavy atom. The first-order valence-corrected chi connectivity index (χ1v) is 9.63. The van der Waals surface area contributed by atoms with Crippen molar-refractivity contribution in [2.24, 2.45) is 0 Å². The second kappa shape index (κ2) is 7.92. The minimum Gasteiger partial charge on any atom is -0.350 e. The van der Waals surface area contributed by atoms with Crippen molar-refractivity contribution in [1.82, 2.24) is 14.9 Å². The summed E-state index contributed by atoms with van der Waals surface area (Å²) in [7, 11) is 0. The third-order valence-electron chi connectivity index (χ3n) is 4.46. The standard InChI is InChI=1S/C21H15F2N3O2S/c22-15-7-5-13(6-8-15)16-11-29-20-19(16)21(28)26(12-25-20)10-18(27)24-9-14-3-1-2-4-17(14)23/h1-8,11-12H,9-10H2,(H,24,27). The van der Waals surface area contributed by atoms with Gasteiger partial charge in [-0.05, 0) is 23.8 Å². The molecule has 0 spiro atoms. The average molecular weight is 411 g/mol. The Balaban J connectivity index is 1.58. The van der Waals surface area contributed by atoms with E-state index in [4.69, 9.17) is 0 Å². The predicted molar refractivity (Wildman–Crippen MR) is 108 cm³/mol. The lowest BCUT2D eigenvalue weighted by atomic mass is 10.1. The quantitative estimate of drug-likeness (QED) is 0.544. The van der Waals surface area contributed by atoms with E-state index in [0.717, 1.165) is 0 Å². The van der Waals surface area contributed by atoms with Crippen LogP contribution in [0.3, 0.4) is 0 Å². The molecule has 2 aromatic carbocycles. The van der Waals surface area contributed by atoms with Crippen LogP contribution in [0.5, 0.6) is 0 Å². The summed E-state index contributed by atoms with van der Waals surface area (Å²) < 4.78 is 28.1. The zero-order valence-electron chi connectivity index (χ0n) is 15.1. The highest BCUT2D eigenvalue weighted by Gasteiger charge is 2.15. The minimum atomic E-state index is -0.435. The van der Waals surface area contributed by atoms with Crippen molar-refractivity contribution >= 4 is 27.5 Å². The molecule has 146 valence electrons. The first-order chi connectivity index (χ1) is 14.0. The number of nitrogens with one attached hydrogen (secondary N) is 1. The number of hydrogen-bond acceptors (Lipinski definition) is 4. The molecule has 1 amide bonds. The molecule has 1 N–H and O–H groups in total. The number of aromatic nitrogens is 2. The zero-order chi connectivity index (χ0) is 20.4. The van der Waals surface area contributed by atoms with Gasteiger partial charge in [-0.1, -0.05) is 30.3 Å². The lowest BCUT2D eigenvalue weighted by Crippen LogP contribution is -2.32. The molecule has 0 radical (unpaired) electrons. The summed E-state index contributed by atoms with van der Waals surface area (Å²) in [6, 6.07) is 12.0. The smallest absolute Gasteiger partial charge is 0.263 e. The fourth-order valence-corrected chi connectivity index (χ4v) is 3.87. The van der Waals surface area contributed by atoms with Gasteiger partial charge in [0.15, 0.2) is 0 Å². The number of carbonyl (C=O) groups excluding carboxylic acids is 1.